The zero-order valence-electron chi connectivity index (χ0n) is 8.71. The van der Waals surface area contributed by atoms with Crippen molar-refractivity contribution in [1.29, 1.82) is 0 Å². The maximum Gasteiger partial charge on any atom is 0.0700 e. The highest BCUT2D eigenvalue weighted by molar-refractivity contribution is 4.78. The van der Waals surface area contributed by atoms with Crippen LogP contribution in [0.4, 0.5) is 0 Å². The van der Waals surface area contributed by atoms with Gasteiger partial charge < -0.3 is 14.8 Å². The number of nitrogens with one attached hydrogen (secondary N) is 1. The van der Waals surface area contributed by atoms with E-state index >= 15 is 0 Å². The molecule has 1 N–H and O–H groups in total. The highest BCUT2D eigenvalue weighted by Gasteiger charge is 2.22. The summed E-state index contributed by atoms with van der Waals surface area (Å²) in [7, 11) is 0. The molecular formula is C10H21NO2. The smallest absolute Gasteiger partial charge is 0.0700 e. The molecule has 1 aliphatic rings. The predicted octanol–water partition coefficient (Wildman–Crippen LogP) is 1.18. The molecule has 0 amide bonds. The van der Waals surface area contributed by atoms with Crippen molar-refractivity contribution in [2.45, 2.75) is 38.8 Å². The van der Waals surface area contributed by atoms with Crippen LogP contribution in [-0.4, -0.2) is 38.5 Å². The molecule has 2 atom stereocenters. The molecule has 78 valence electrons. The van der Waals surface area contributed by atoms with Crippen LogP contribution in [0.5, 0.6) is 0 Å². The number of ether oxygens (including phenoxy) is 2. The van der Waals surface area contributed by atoms with Crippen molar-refractivity contribution in [3.8, 4) is 0 Å². The Morgan fingerprint density at radius 3 is 3.00 bits per heavy atom. The maximum absolute atomic E-state index is 5.45. The minimum Gasteiger partial charge on any atom is -0.382 e. The minimum atomic E-state index is 0.382. The first-order valence-corrected chi connectivity index (χ1v) is 5.27. The fraction of sp³-hybridized carbons (Fsp3) is 1.00. The van der Waals surface area contributed by atoms with Gasteiger partial charge in [0.25, 0.3) is 0 Å². The van der Waals surface area contributed by atoms with Crippen molar-refractivity contribution in [1.82, 2.24) is 5.32 Å². The van der Waals surface area contributed by atoms with Crippen molar-refractivity contribution in [3.63, 3.8) is 0 Å². The molecule has 0 radical (unpaired) electrons. The SMILES string of the molecule is CCOCCCN[C@H]1CCO[C@H]1C. The summed E-state index contributed by atoms with van der Waals surface area (Å²) in [6.07, 6.45) is 2.62. The first kappa shape index (κ1) is 11.0. The fourth-order valence-electron chi connectivity index (χ4n) is 1.61. The summed E-state index contributed by atoms with van der Waals surface area (Å²) in [4.78, 5) is 0. The lowest BCUT2D eigenvalue weighted by molar-refractivity contribution is 0.111. The first-order chi connectivity index (χ1) is 6.34. The topological polar surface area (TPSA) is 30.5 Å². The molecule has 1 fully saturated rings. The zero-order chi connectivity index (χ0) is 9.52. The molecule has 0 aliphatic carbocycles. The lowest BCUT2D eigenvalue weighted by Gasteiger charge is -2.15. The highest BCUT2D eigenvalue weighted by atomic mass is 16.5. The van der Waals surface area contributed by atoms with Gasteiger partial charge in [-0.05, 0) is 33.2 Å². The van der Waals surface area contributed by atoms with Gasteiger partial charge in [-0.2, -0.15) is 0 Å². The minimum absolute atomic E-state index is 0.382. The van der Waals surface area contributed by atoms with Gasteiger partial charge in [0, 0.05) is 25.9 Å². The quantitative estimate of drug-likeness (QED) is 0.633. The van der Waals surface area contributed by atoms with E-state index in [1.165, 1.54) is 0 Å². The van der Waals surface area contributed by atoms with E-state index in [9.17, 15) is 0 Å². The largest absolute Gasteiger partial charge is 0.382 e. The lowest BCUT2D eigenvalue weighted by Crippen LogP contribution is -2.35. The van der Waals surface area contributed by atoms with Gasteiger partial charge in [-0.3, -0.25) is 0 Å². The van der Waals surface area contributed by atoms with E-state index in [4.69, 9.17) is 9.47 Å². The second-order valence-corrected chi connectivity index (χ2v) is 3.48. The molecule has 0 unspecified atom stereocenters. The summed E-state index contributed by atoms with van der Waals surface area (Å²) in [5.74, 6) is 0. The molecule has 3 nitrogen and oxygen atoms in total. The van der Waals surface area contributed by atoms with Crippen LogP contribution in [0.1, 0.15) is 26.7 Å². The molecule has 0 saturated carbocycles. The van der Waals surface area contributed by atoms with Crippen LogP contribution in [0.2, 0.25) is 0 Å². The Morgan fingerprint density at radius 2 is 2.38 bits per heavy atom. The summed E-state index contributed by atoms with van der Waals surface area (Å²) >= 11 is 0. The highest BCUT2D eigenvalue weighted by Crippen LogP contribution is 2.11. The van der Waals surface area contributed by atoms with Crippen LogP contribution in [0.15, 0.2) is 0 Å². The second-order valence-electron chi connectivity index (χ2n) is 3.48. The van der Waals surface area contributed by atoms with Crippen LogP contribution >= 0.6 is 0 Å². The van der Waals surface area contributed by atoms with Gasteiger partial charge in [0.15, 0.2) is 0 Å². The standard InChI is InChI=1S/C10H21NO2/c1-3-12-7-4-6-11-10-5-8-13-9(10)2/h9-11H,3-8H2,1-2H3/t9-,10-/m0/s1. The molecule has 0 aromatic rings. The average molecular weight is 187 g/mol. The Morgan fingerprint density at radius 1 is 1.54 bits per heavy atom. The number of hydrogen-bond acceptors (Lipinski definition) is 3. The molecule has 0 bridgehead atoms. The molecule has 1 saturated heterocycles. The molecule has 3 heteroatoms. The Hall–Kier alpha value is -0.120. The third-order valence-electron chi connectivity index (χ3n) is 2.45. The van der Waals surface area contributed by atoms with E-state index in [1.807, 2.05) is 6.92 Å². The van der Waals surface area contributed by atoms with Crippen LogP contribution in [0, 0.1) is 0 Å². The van der Waals surface area contributed by atoms with E-state index in [-0.39, 0.29) is 0 Å². The molecule has 0 aromatic carbocycles. The maximum atomic E-state index is 5.45. The van der Waals surface area contributed by atoms with Crippen molar-refractivity contribution in [2.75, 3.05) is 26.4 Å². The molecule has 13 heavy (non-hydrogen) atoms. The lowest BCUT2D eigenvalue weighted by atomic mass is 10.1. The van der Waals surface area contributed by atoms with Gasteiger partial charge >= 0.3 is 0 Å². The predicted molar refractivity (Wildman–Crippen MR) is 52.9 cm³/mol. The molecule has 1 aliphatic heterocycles. The molecule has 1 rings (SSSR count). The number of rotatable bonds is 6. The van der Waals surface area contributed by atoms with E-state index in [0.717, 1.165) is 39.2 Å². The van der Waals surface area contributed by atoms with Gasteiger partial charge in [-0.1, -0.05) is 0 Å². The van der Waals surface area contributed by atoms with E-state index < -0.39 is 0 Å². The van der Waals surface area contributed by atoms with Crippen molar-refractivity contribution >= 4 is 0 Å². The average Bonchev–Trinajstić information content (AvgIpc) is 2.52. The van der Waals surface area contributed by atoms with Crippen LogP contribution in [0.3, 0.4) is 0 Å². The van der Waals surface area contributed by atoms with Crippen LogP contribution in [-0.2, 0) is 9.47 Å². The fourth-order valence-corrected chi connectivity index (χ4v) is 1.61. The summed E-state index contributed by atoms with van der Waals surface area (Å²) in [5, 5.41) is 3.49. The monoisotopic (exact) mass is 187 g/mol. The van der Waals surface area contributed by atoms with Gasteiger partial charge in [0.1, 0.15) is 0 Å². The zero-order valence-corrected chi connectivity index (χ0v) is 8.71. The van der Waals surface area contributed by atoms with Gasteiger partial charge in [-0.15, -0.1) is 0 Å². The van der Waals surface area contributed by atoms with Gasteiger partial charge in [0.2, 0.25) is 0 Å². The number of hydrogen-bond donors (Lipinski definition) is 1. The van der Waals surface area contributed by atoms with E-state index in [2.05, 4.69) is 12.2 Å². The Balaban J connectivity index is 1.93. The normalized spacial score (nSPS) is 28.2. The Bertz CT molecular complexity index is 130. The summed E-state index contributed by atoms with van der Waals surface area (Å²) in [5.41, 5.74) is 0. The van der Waals surface area contributed by atoms with E-state index in [1.54, 1.807) is 0 Å². The van der Waals surface area contributed by atoms with Crippen molar-refractivity contribution in [2.24, 2.45) is 0 Å². The van der Waals surface area contributed by atoms with Crippen molar-refractivity contribution < 1.29 is 9.47 Å². The third kappa shape index (κ3) is 4.07. The molecule has 0 aromatic heterocycles. The van der Waals surface area contributed by atoms with E-state index in [0.29, 0.717) is 12.1 Å². The van der Waals surface area contributed by atoms with Gasteiger partial charge in [0.05, 0.1) is 6.10 Å². The molecule has 0 spiro atoms. The Kier molecular flexibility index (Phi) is 5.35. The summed E-state index contributed by atoms with van der Waals surface area (Å²) in [6, 6.07) is 0.557. The second kappa shape index (κ2) is 6.35. The first-order valence-electron chi connectivity index (χ1n) is 5.27. The summed E-state index contributed by atoms with van der Waals surface area (Å²) in [6.45, 7) is 7.80. The molecular weight excluding hydrogens is 166 g/mol. The molecule has 1 heterocycles. The van der Waals surface area contributed by atoms with Gasteiger partial charge in [-0.25, -0.2) is 0 Å². The Labute approximate surface area is 80.8 Å². The van der Waals surface area contributed by atoms with Crippen molar-refractivity contribution in [3.05, 3.63) is 0 Å². The third-order valence-corrected chi connectivity index (χ3v) is 2.45. The van der Waals surface area contributed by atoms with Crippen LogP contribution < -0.4 is 5.32 Å². The summed E-state index contributed by atoms with van der Waals surface area (Å²) < 4.78 is 10.7. The van der Waals surface area contributed by atoms with Crippen LogP contribution in [0.25, 0.3) is 0 Å².